The Morgan fingerprint density at radius 3 is 1.69 bits per heavy atom. The number of hydrogen-bond acceptors (Lipinski definition) is 7. The quantitative estimate of drug-likeness (QED) is 0.123. The van der Waals surface area contributed by atoms with Gasteiger partial charge in [-0.05, 0) is 86.6 Å². The Balaban J connectivity index is 1.46. The largest absolute Gasteiger partial charge is 0.461 e. The molecular formula is C34H28N2O6. The van der Waals surface area contributed by atoms with E-state index in [1.807, 2.05) is 60.7 Å². The third kappa shape index (κ3) is 6.45. The maximum absolute atomic E-state index is 13.4. The van der Waals surface area contributed by atoms with Crippen molar-refractivity contribution < 1.29 is 28.6 Å². The summed E-state index contributed by atoms with van der Waals surface area (Å²) in [6.45, 7) is 2.92. The Labute approximate surface area is 243 Å². The first kappa shape index (κ1) is 28.0. The Bertz CT molecular complexity index is 1690. The van der Waals surface area contributed by atoms with Crippen molar-refractivity contribution in [3.05, 3.63) is 126 Å². The zero-order valence-electron chi connectivity index (χ0n) is 23.2. The second-order valence-electron chi connectivity index (χ2n) is 9.31. The van der Waals surface area contributed by atoms with E-state index in [1.165, 1.54) is 11.6 Å². The molecule has 5 aromatic rings. The van der Waals surface area contributed by atoms with Crippen molar-refractivity contribution >= 4 is 17.5 Å². The first-order chi connectivity index (χ1) is 20.4. The number of rotatable bonds is 11. The molecule has 5 rings (SSSR count). The number of nitrogens with zero attached hydrogens (tertiary/aromatic N) is 2. The van der Waals surface area contributed by atoms with Gasteiger partial charge in [0.1, 0.15) is 29.5 Å². The van der Waals surface area contributed by atoms with Crippen LogP contribution < -0.4 is 9.47 Å². The molecule has 0 N–H and O–H groups in total. The van der Waals surface area contributed by atoms with Gasteiger partial charge in [-0.25, -0.2) is 4.79 Å². The van der Waals surface area contributed by atoms with Gasteiger partial charge in [-0.1, -0.05) is 36.4 Å². The van der Waals surface area contributed by atoms with Crippen molar-refractivity contribution in [2.45, 2.75) is 20.4 Å². The van der Waals surface area contributed by atoms with Gasteiger partial charge in [0.15, 0.2) is 17.3 Å². The van der Waals surface area contributed by atoms with E-state index in [0.29, 0.717) is 39.8 Å². The number of hydrogen-bond donors (Lipinski definition) is 0. The van der Waals surface area contributed by atoms with Crippen LogP contribution in [0.1, 0.15) is 45.1 Å². The zero-order valence-corrected chi connectivity index (χ0v) is 23.2. The lowest BCUT2D eigenvalue weighted by atomic mass is 10.0. The van der Waals surface area contributed by atoms with E-state index in [9.17, 15) is 14.4 Å². The number of carbonyl (C=O) groups is 3. The standard InChI is InChI=1S/C34H28N2O6/c1-3-40-34(39)32-31(23(2)37)33(25-16-20-29(21-17-25)42-27-12-8-5-9-13-27)36(35-32)22-30(38)24-14-18-28(19-15-24)41-26-10-6-4-7-11-26/h4-21H,3,22H2,1-2H3. The minimum atomic E-state index is -0.735. The molecule has 8 heteroatoms. The molecule has 0 bridgehead atoms. The maximum Gasteiger partial charge on any atom is 0.359 e. The summed E-state index contributed by atoms with van der Waals surface area (Å²) in [5, 5.41) is 4.40. The third-order valence-corrected chi connectivity index (χ3v) is 6.33. The summed E-state index contributed by atoms with van der Waals surface area (Å²) in [7, 11) is 0. The summed E-state index contributed by atoms with van der Waals surface area (Å²) >= 11 is 0. The normalized spacial score (nSPS) is 10.6. The van der Waals surface area contributed by atoms with E-state index in [2.05, 4.69) is 5.10 Å². The van der Waals surface area contributed by atoms with Crippen molar-refractivity contribution in [3.63, 3.8) is 0 Å². The van der Waals surface area contributed by atoms with E-state index in [4.69, 9.17) is 14.2 Å². The van der Waals surface area contributed by atoms with E-state index in [-0.39, 0.29) is 36.0 Å². The van der Waals surface area contributed by atoms with Crippen molar-refractivity contribution in [1.29, 1.82) is 0 Å². The number of para-hydroxylation sites is 2. The van der Waals surface area contributed by atoms with E-state index >= 15 is 0 Å². The topological polar surface area (TPSA) is 96.7 Å². The number of ether oxygens (including phenoxy) is 3. The molecule has 0 spiro atoms. The molecule has 42 heavy (non-hydrogen) atoms. The number of aromatic nitrogens is 2. The highest BCUT2D eigenvalue weighted by Crippen LogP contribution is 2.31. The van der Waals surface area contributed by atoms with Crippen LogP contribution >= 0.6 is 0 Å². The molecule has 0 aliphatic heterocycles. The number of benzene rings is 4. The van der Waals surface area contributed by atoms with Crippen LogP contribution in [-0.4, -0.2) is 33.9 Å². The van der Waals surface area contributed by atoms with Gasteiger partial charge in [0.2, 0.25) is 0 Å². The number of ketones is 2. The fourth-order valence-electron chi connectivity index (χ4n) is 4.41. The smallest absolute Gasteiger partial charge is 0.359 e. The summed E-state index contributed by atoms with van der Waals surface area (Å²) in [6, 6.07) is 32.4. The van der Waals surface area contributed by atoms with Gasteiger partial charge in [0.25, 0.3) is 0 Å². The average Bonchev–Trinajstić information content (AvgIpc) is 3.38. The first-order valence-electron chi connectivity index (χ1n) is 13.4. The second-order valence-corrected chi connectivity index (χ2v) is 9.31. The van der Waals surface area contributed by atoms with E-state index in [1.54, 1.807) is 55.5 Å². The number of Topliss-reactive ketones (excluding diaryl/α,β-unsaturated/α-hetero) is 2. The minimum Gasteiger partial charge on any atom is -0.461 e. The highest BCUT2D eigenvalue weighted by Gasteiger charge is 2.28. The van der Waals surface area contributed by atoms with Crippen LogP contribution in [0, 0.1) is 0 Å². The Morgan fingerprint density at radius 2 is 1.19 bits per heavy atom. The maximum atomic E-state index is 13.4. The van der Waals surface area contributed by atoms with Crippen LogP contribution in [0.4, 0.5) is 0 Å². The predicted molar refractivity (Wildman–Crippen MR) is 157 cm³/mol. The van der Waals surface area contributed by atoms with Crippen molar-refractivity contribution in [2.75, 3.05) is 6.61 Å². The first-order valence-corrected chi connectivity index (χ1v) is 13.4. The third-order valence-electron chi connectivity index (χ3n) is 6.33. The highest BCUT2D eigenvalue weighted by molar-refractivity contribution is 6.09. The van der Waals surface area contributed by atoms with Gasteiger partial charge in [-0.2, -0.15) is 5.10 Å². The summed E-state index contributed by atoms with van der Waals surface area (Å²) in [6.07, 6.45) is 0. The number of carbonyl (C=O) groups excluding carboxylic acids is 3. The lowest BCUT2D eigenvalue weighted by Gasteiger charge is -2.11. The molecule has 8 nitrogen and oxygen atoms in total. The Morgan fingerprint density at radius 1 is 0.690 bits per heavy atom. The molecule has 0 saturated heterocycles. The predicted octanol–water partition coefficient (Wildman–Crippen LogP) is 7.40. The fourth-order valence-corrected chi connectivity index (χ4v) is 4.41. The molecule has 0 aliphatic rings. The monoisotopic (exact) mass is 560 g/mol. The second kappa shape index (κ2) is 12.8. The van der Waals surface area contributed by atoms with Crippen molar-refractivity contribution in [3.8, 4) is 34.3 Å². The molecule has 0 saturated carbocycles. The van der Waals surface area contributed by atoms with E-state index in [0.717, 1.165) is 0 Å². The molecule has 0 fully saturated rings. The minimum absolute atomic E-state index is 0.0876. The summed E-state index contributed by atoms with van der Waals surface area (Å²) in [5.74, 6) is 1.15. The van der Waals surface area contributed by atoms with Crippen LogP contribution in [0.5, 0.6) is 23.0 Å². The lowest BCUT2D eigenvalue weighted by molar-refractivity contribution is 0.0514. The molecule has 0 amide bonds. The van der Waals surface area contributed by atoms with Crippen LogP contribution in [0.3, 0.4) is 0 Å². The molecule has 0 aliphatic carbocycles. The Kier molecular flexibility index (Phi) is 8.53. The SMILES string of the molecule is CCOC(=O)c1nn(CC(=O)c2ccc(Oc3ccccc3)cc2)c(-c2ccc(Oc3ccccc3)cc2)c1C(C)=O. The summed E-state index contributed by atoms with van der Waals surface area (Å²) in [4.78, 5) is 39.0. The van der Waals surface area contributed by atoms with Gasteiger partial charge in [0.05, 0.1) is 17.9 Å². The van der Waals surface area contributed by atoms with Crippen molar-refractivity contribution in [2.24, 2.45) is 0 Å². The van der Waals surface area contributed by atoms with Gasteiger partial charge < -0.3 is 14.2 Å². The molecular weight excluding hydrogens is 532 g/mol. The van der Waals surface area contributed by atoms with Gasteiger partial charge in [0, 0.05) is 11.1 Å². The summed E-state index contributed by atoms with van der Waals surface area (Å²) < 4.78 is 18.3. The Hall–Kier alpha value is -5.50. The van der Waals surface area contributed by atoms with Gasteiger partial charge >= 0.3 is 5.97 Å². The van der Waals surface area contributed by atoms with Crippen molar-refractivity contribution in [1.82, 2.24) is 9.78 Å². The fraction of sp³-hybridized carbons (Fsp3) is 0.118. The molecule has 0 radical (unpaired) electrons. The van der Waals surface area contributed by atoms with Crippen LogP contribution in [-0.2, 0) is 11.3 Å². The van der Waals surface area contributed by atoms with Gasteiger partial charge in [-0.3, -0.25) is 14.3 Å². The van der Waals surface area contributed by atoms with E-state index < -0.39 is 5.97 Å². The summed E-state index contributed by atoms with van der Waals surface area (Å²) in [5.41, 5.74) is 1.30. The molecule has 4 aromatic carbocycles. The number of esters is 1. The molecule has 210 valence electrons. The zero-order chi connectivity index (χ0) is 29.5. The van der Waals surface area contributed by atoms with Crippen LogP contribution in [0.2, 0.25) is 0 Å². The average molecular weight is 561 g/mol. The van der Waals surface area contributed by atoms with Crippen LogP contribution in [0.15, 0.2) is 109 Å². The lowest BCUT2D eigenvalue weighted by Crippen LogP contribution is -2.14. The molecule has 1 heterocycles. The van der Waals surface area contributed by atoms with Gasteiger partial charge in [-0.15, -0.1) is 0 Å². The van der Waals surface area contributed by atoms with Crippen LogP contribution in [0.25, 0.3) is 11.3 Å². The molecule has 1 aromatic heterocycles. The highest BCUT2D eigenvalue weighted by atomic mass is 16.5. The molecule has 0 unspecified atom stereocenters. The molecule has 0 atom stereocenters.